The first-order chi connectivity index (χ1) is 7.91. The average Bonchev–Trinajstić information content (AvgIpc) is 2.61. The molecule has 4 heteroatoms. The van der Waals surface area contributed by atoms with Gasteiger partial charge < -0.3 is 5.11 Å². The third-order valence-electron chi connectivity index (χ3n) is 3.94. The van der Waals surface area contributed by atoms with Gasteiger partial charge in [-0.2, -0.15) is 5.10 Å². The molecule has 1 saturated carbocycles. The monoisotopic (exact) mass is 236 g/mol. The highest BCUT2D eigenvalue weighted by Gasteiger charge is 2.31. The maximum absolute atomic E-state index is 11.2. The summed E-state index contributed by atoms with van der Waals surface area (Å²) in [5.74, 6) is -0.514. The average molecular weight is 236 g/mol. The molecular formula is C13H20N2O2. The van der Waals surface area contributed by atoms with Gasteiger partial charge in [-0.25, -0.2) is 4.79 Å². The summed E-state index contributed by atoms with van der Waals surface area (Å²) in [6.45, 7) is 4.56. The molecule has 0 spiro atoms. The standard InChI is InChI=1S/C13H20N2O2/c1-13(2)6-4-9(5-7-13)11-10(12(16)17)8-14-15(11)3/h8-9H,4-7H2,1-3H3,(H,16,17). The Morgan fingerprint density at radius 2 is 2.06 bits per heavy atom. The van der Waals surface area contributed by atoms with Gasteiger partial charge in [-0.1, -0.05) is 13.8 Å². The lowest BCUT2D eigenvalue weighted by Gasteiger charge is -2.34. The molecule has 1 aliphatic carbocycles. The van der Waals surface area contributed by atoms with Crippen LogP contribution in [-0.2, 0) is 7.05 Å². The van der Waals surface area contributed by atoms with Crippen molar-refractivity contribution in [1.29, 1.82) is 0 Å². The quantitative estimate of drug-likeness (QED) is 0.859. The van der Waals surface area contributed by atoms with Gasteiger partial charge in [0, 0.05) is 13.0 Å². The summed E-state index contributed by atoms with van der Waals surface area (Å²) >= 11 is 0. The van der Waals surface area contributed by atoms with Crippen LogP contribution in [0.2, 0.25) is 0 Å². The van der Waals surface area contributed by atoms with E-state index in [4.69, 9.17) is 5.11 Å². The molecule has 1 fully saturated rings. The lowest BCUT2D eigenvalue weighted by atomic mass is 9.72. The first-order valence-corrected chi connectivity index (χ1v) is 6.16. The van der Waals surface area contributed by atoms with Crippen molar-refractivity contribution < 1.29 is 9.90 Å². The molecule has 0 saturated heterocycles. The molecule has 94 valence electrons. The molecule has 1 aromatic rings. The molecule has 0 aromatic carbocycles. The lowest BCUT2D eigenvalue weighted by Crippen LogP contribution is -2.22. The van der Waals surface area contributed by atoms with Crippen LogP contribution in [0.15, 0.2) is 6.20 Å². The Bertz CT molecular complexity index is 425. The van der Waals surface area contributed by atoms with Crippen molar-refractivity contribution in [2.24, 2.45) is 12.5 Å². The predicted octanol–water partition coefficient (Wildman–Crippen LogP) is 2.80. The molecule has 1 heterocycles. The van der Waals surface area contributed by atoms with Crippen molar-refractivity contribution >= 4 is 5.97 Å². The SMILES string of the molecule is Cn1ncc(C(=O)O)c1C1CCC(C)(C)CC1. The molecule has 0 amide bonds. The van der Waals surface area contributed by atoms with E-state index in [1.54, 1.807) is 4.68 Å². The van der Waals surface area contributed by atoms with Crippen molar-refractivity contribution in [2.75, 3.05) is 0 Å². The Morgan fingerprint density at radius 3 is 2.59 bits per heavy atom. The zero-order valence-corrected chi connectivity index (χ0v) is 10.7. The van der Waals surface area contributed by atoms with Crippen molar-refractivity contribution in [3.05, 3.63) is 17.5 Å². The molecule has 1 aliphatic rings. The van der Waals surface area contributed by atoms with Crippen molar-refractivity contribution in [2.45, 2.75) is 45.4 Å². The third-order valence-corrected chi connectivity index (χ3v) is 3.94. The fourth-order valence-electron chi connectivity index (χ4n) is 2.77. The zero-order valence-electron chi connectivity index (χ0n) is 10.7. The fourth-order valence-corrected chi connectivity index (χ4v) is 2.77. The van der Waals surface area contributed by atoms with Crippen LogP contribution >= 0.6 is 0 Å². The fraction of sp³-hybridized carbons (Fsp3) is 0.692. The summed E-state index contributed by atoms with van der Waals surface area (Å²) in [5, 5.41) is 13.2. The summed E-state index contributed by atoms with van der Waals surface area (Å²) in [7, 11) is 1.83. The van der Waals surface area contributed by atoms with Gasteiger partial charge in [-0.05, 0) is 31.1 Å². The van der Waals surface area contributed by atoms with Crippen LogP contribution in [-0.4, -0.2) is 20.9 Å². The Morgan fingerprint density at radius 1 is 1.47 bits per heavy atom. The van der Waals surface area contributed by atoms with Gasteiger partial charge in [0.15, 0.2) is 0 Å². The van der Waals surface area contributed by atoms with Gasteiger partial charge in [0.2, 0.25) is 0 Å². The largest absolute Gasteiger partial charge is 0.478 e. The molecule has 0 radical (unpaired) electrons. The zero-order chi connectivity index (χ0) is 12.6. The summed E-state index contributed by atoms with van der Waals surface area (Å²) in [6.07, 6.45) is 5.90. The second-order valence-electron chi connectivity index (χ2n) is 5.81. The predicted molar refractivity (Wildman–Crippen MR) is 65.2 cm³/mol. The van der Waals surface area contributed by atoms with E-state index in [1.807, 2.05) is 7.05 Å². The van der Waals surface area contributed by atoms with E-state index in [0.717, 1.165) is 31.4 Å². The molecule has 0 unspecified atom stereocenters. The van der Waals surface area contributed by atoms with Crippen LogP contribution in [0.1, 0.15) is 61.5 Å². The first-order valence-electron chi connectivity index (χ1n) is 6.16. The van der Waals surface area contributed by atoms with Crippen molar-refractivity contribution in [1.82, 2.24) is 9.78 Å². The normalized spacial score (nSPS) is 20.4. The van der Waals surface area contributed by atoms with Crippen LogP contribution in [0.3, 0.4) is 0 Å². The molecule has 1 N–H and O–H groups in total. The van der Waals surface area contributed by atoms with Crippen LogP contribution in [0, 0.1) is 5.41 Å². The number of nitrogens with zero attached hydrogens (tertiary/aromatic N) is 2. The van der Waals surface area contributed by atoms with E-state index >= 15 is 0 Å². The molecule has 1 aromatic heterocycles. The van der Waals surface area contributed by atoms with Gasteiger partial charge in [0.05, 0.1) is 11.9 Å². The molecule has 0 aliphatic heterocycles. The maximum atomic E-state index is 11.2. The van der Waals surface area contributed by atoms with E-state index in [-0.39, 0.29) is 0 Å². The highest BCUT2D eigenvalue weighted by molar-refractivity contribution is 5.88. The Labute approximate surface area is 102 Å². The second-order valence-corrected chi connectivity index (χ2v) is 5.81. The van der Waals surface area contributed by atoms with E-state index < -0.39 is 5.97 Å². The molecule has 17 heavy (non-hydrogen) atoms. The van der Waals surface area contributed by atoms with Crippen LogP contribution in [0.4, 0.5) is 0 Å². The van der Waals surface area contributed by atoms with E-state index in [9.17, 15) is 4.79 Å². The van der Waals surface area contributed by atoms with Crippen molar-refractivity contribution in [3.8, 4) is 0 Å². The van der Waals surface area contributed by atoms with Crippen molar-refractivity contribution in [3.63, 3.8) is 0 Å². The van der Waals surface area contributed by atoms with E-state index in [2.05, 4.69) is 18.9 Å². The number of aromatic carboxylic acids is 1. The number of aromatic nitrogens is 2. The molecule has 0 atom stereocenters. The lowest BCUT2D eigenvalue weighted by molar-refractivity contribution is 0.0694. The number of aryl methyl sites for hydroxylation is 1. The smallest absolute Gasteiger partial charge is 0.339 e. The number of carboxylic acids is 1. The molecular weight excluding hydrogens is 216 g/mol. The van der Waals surface area contributed by atoms with Gasteiger partial charge in [-0.15, -0.1) is 0 Å². The Balaban J connectivity index is 2.24. The highest BCUT2D eigenvalue weighted by Crippen LogP contribution is 2.42. The Hall–Kier alpha value is -1.32. The topological polar surface area (TPSA) is 55.1 Å². The summed E-state index contributed by atoms with van der Waals surface area (Å²) in [5.41, 5.74) is 1.67. The minimum Gasteiger partial charge on any atom is -0.478 e. The number of hydrogen-bond acceptors (Lipinski definition) is 2. The van der Waals surface area contributed by atoms with Gasteiger partial charge in [-0.3, -0.25) is 4.68 Å². The highest BCUT2D eigenvalue weighted by atomic mass is 16.4. The van der Waals surface area contributed by atoms with Gasteiger partial charge >= 0.3 is 5.97 Å². The minimum atomic E-state index is -0.863. The number of hydrogen-bond donors (Lipinski definition) is 1. The van der Waals surface area contributed by atoms with Crippen LogP contribution in [0.5, 0.6) is 0 Å². The number of carboxylic acid groups (broad SMARTS) is 1. The van der Waals surface area contributed by atoms with Gasteiger partial charge in [0.25, 0.3) is 0 Å². The molecule has 4 nitrogen and oxygen atoms in total. The van der Waals surface area contributed by atoms with E-state index in [0.29, 0.717) is 16.9 Å². The summed E-state index contributed by atoms with van der Waals surface area (Å²) in [6, 6.07) is 0. The third kappa shape index (κ3) is 2.35. The summed E-state index contributed by atoms with van der Waals surface area (Å²) < 4.78 is 1.73. The van der Waals surface area contributed by atoms with Gasteiger partial charge in [0.1, 0.15) is 5.56 Å². The summed E-state index contributed by atoms with van der Waals surface area (Å²) in [4.78, 5) is 11.2. The minimum absolute atomic E-state index is 0.349. The number of carbonyl (C=O) groups is 1. The Kier molecular flexibility index (Phi) is 2.98. The molecule has 0 bridgehead atoms. The van der Waals surface area contributed by atoms with E-state index in [1.165, 1.54) is 6.20 Å². The maximum Gasteiger partial charge on any atom is 0.339 e. The number of rotatable bonds is 2. The first kappa shape index (κ1) is 12.1. The second kappa shape index (κ2) is 4.17. The van der Waals surface area contributed by atoms with Crippen LogP contribution in [0.25, 0.3) is 0 Å². The van der Waals surface area contributed by atoms with Crippen LogP contribution < -0.4 is 0 Å². The molecule has 2 rings (SSSR count).